The second kappa shape index (κ2) is 30.1. The molecule has 9 fully saturated rings. The number of aliphatic hydroxyl groups is 15. The molecule has 0 amide bonds. The molecule has 32 heteroatoms. The van der Waals surface area contributed by atoms with Crippen molar-refractivity contribution in [3.8, 4) is 11.5 Å². The number of allylic oxidation sites excluding steroid dienone is 1. The molecule has 32 nitrogen and oxygen atoms in total. The number of ether oxygens (including phenoxy) is 13. The summed E-state index contributed by atoms with van der Waals surface area (Å²) < 4.78 is 77.1. The minimum atomic E-state index is -2.09. The maximum absolute atomic E-state index is 16.0. The summed E-state index contributed by atoms with van der Waals surface area (Å²) in [5, 5.41) is 177. The van der Waals surface area contributed by atoms with Crippen LogP contribution in [0.4, 0.5) is 0 Å². The first-order chi connectivity index (χ1) is 48.0. The van der Waals surface area contributed by atoms with Gasteiger partial charge in [0.25, 0.3) is 0 Å². The fourth-order valence-corrected chi connectivity index (χ4v) is 19.2. The van der Waals surface area contributed by atoms with Crippen molar-refractivity contribution < 1.29 is 158 Å². The Labute approximate surface area is 589 Å². The average Bonchev–Trinajstić information content (AvgIpc) is 0.669. The summed E-state index contributed by atoms with van der Waals surface area (Å²) >= 11 is 0. The number of hydrogen-bond acceptors (Lipinski definition) is 31. The van der Waals surface area contributed by atoms with Gasteiger partial charge in [0.05, 0.1) is 69.8 Å². The molecule has 5 aliphatic carbocycles. The zero-order valence-electron chi connectivity index (χ0n) is 58.6. The van der Waals surface area contributed by atoms with E-state index in [2.05, 4.69) is 26.8 Å². The predicted molar refractivity (Wildman–Crippen MR) is 344 cm³/mol. The Morgan fingerprint density at radius 3 is 1.78 bits per heavy atom. The van der Waals surface area contributed by atoms with Gasteiger partial charge in [-0.05, 0) is 136 Å². The summed E-state index contributed by atoms with van der Waals surface area (Å²) in [6.45, 7) is 10.1. The Morgan fingerprint density at radius 1 is 0.578 bits per heavy atom. The SMILES string of the molecule is COc1ccc(/C=C/C(=O)O[C@H]2[C@@H](O)[C@@H](C)O[C@@H](OC(=O)[C@]34CCC(C)(C)C[C@H]3C3=CCC5[C@@]6(C)C[C@H](O)[C@H](O[C@@H]7O[C@H](CO)[C@@H](O)[C@H](O)[C@H]7O)[C@@](C)(C(=O)O)C6CC[C@@]5(C)[C@]3(CO)CC4)[C@@H]2O[C@@H]2O[C@@H](C)[C@H](O[C@@H]3OC[C@@H](O[C@@H]4O[C@H](CO)[C@H](O)[C@H](O)[C@H]4O)[C@H](O)[C@H]3O)[C@@H](O)[C@H]2O)cc1OC. The summed E-state index contributed by atoms with van der Waals surface area (Å²) in [6.07, 6.45) is -37.3. The molecule has 1 aromatic rings. The molecule has 5 aliphatic heterocycles. The van der Waals surface area contributed by atoms with Gasteiger partial charge >= 0.3 is 17.9 Å². The van der Waals surface area contributed by atoms with E-state index in [1.54, 1.807) is 18.2 Å². The van der Waals surface area contributed by atoms with Crippen molar-refractivity contribution in [1.29, 1.82) is 0 Å². The van der Waals surface area contributed by atoms with Crippen molar-refractivity contribution in [3.05, 3.63) is 41.5 Å². The van der Waals surface area contributed by atoms with Gasteiger partial charge in [-0.3, -0.25) is 9.59 Å². The number of carboxylic acids is 1. The van der Waals surface area contributed by atoms with E-state index in [-0.39, 0.29) is 44.1 Å². The molecular weight excluding hydrogens is 1350 g/mol. The quantitative estimate of drug-likeness (QED) is 0.0302. The molecule has 16 N–H and O–H groups in total. The molecule has 0 spiro atoms. The van der Waals surface area contributed by atoms with Crippen molar-refractivity contribution >= 4 is 24.0 Å². The standard InChI is InChI=1S/C70H104O32/c1-29-43(76)55(98-42(75)15-11-31-10-13-35(90-8)36(22-31)91-9)56(100-59-53(86)49(82)54(30(2)94-59)99-58-50(83)46(79)39(27-92-58)97-60-51(84)47(80)44(77)37(25-71)95-60)62(93-29)102-64(89)69-19-18-65(3,4)23-33(69)32-12-14-40-66(5)24-34(74)57(101-61-52(85)48(81)45(78)38(26-72)96-61)68(7,63(87)88)41(66)16-17-67(40,6)70(32,28-73)21-20-69/h10-13,15,22,29-30,33-34,37-41,43-62,71-74,76-86H,14,16-21,23-28H2,1-9H3,(H,87,88)/b15-11+/t29-,30+,33+,34+,37-,38-,39-,40?,41?,43+,44+,45-,46+,47+,48+,49+,50-,51-,52-,53-,54+,55+,56-,57+,58+,59+,60+,61+,62+,66-,67-,68+,69+,70+/m1/s1. The van der Waals surface area contributed by atoms with Crippen LogP contribution in [-0.2, 0) is 66.5 Å². The van der Waals surface area contributed by atoms with E-state index in [1.807, 2.05) is 6.92 Å². The van der Waals surface area contributed by atoms with E-state index in [1.165, 1.54) is 41.1 Å². The third-order valence-electron chi connectivity index (χ3n) is 25.2. The number of benzene rings is 1. The van der Waals surface area contributed by atoms with Crippen LogP contribution in [-0.4, -0.2) is 300 Å². The van der Waals surface area contributed by atoms with Gasteiger partial charge in [0.1, 0.15) is 97.7 Å². The molecule has 0 bridgehead atoms. The number of carbonyl (C=O) groups is 3. The highest BCUT2D eigenvalue weighted by atomic mass is 16.8. The number of hydrogen-bond donors (Lipinski definition) is 16. The normalized spacial score (nSPS) is 48.6. The van der Waals surface area contributed by atoms with Crippen molar-refractivity contribution in [2.24, 2.45) is 50.2 Å². The summed E-state index contributed by atoms with van der Waals surface area (Å²) in [4.78, 5) is 44.1. The topological polar surface area (TPSA) is 495 Å². The molecule has 0 radical (unpaired) electrons. The first kappa shape index (κ1) is 78.8. The van der Waals surface area contributed by atoms with E-state index in [9.17, 15) is 91.3 Å². The maximum atomic E-state index is 16.0. The lowest BCUT2D eigenvalue weighted by atomic mass is 9.33. The summed E-state index contributed by atoms with van der Waals surface area (Å²) in [5.41, 5.74) is -5.11. The second-order valence-corrected chi connectivity index (χ2v) is 31.3. The van der Waals surface area contributed by atoms with E-state index in [4.69, 9.17) is 61.6 Å². The van der Waals surface area contributed by atoms with Gasteiger partial charge in [0.15, 0.2) is 48.9 Å². The van der Waals surface area contributed by atoms with Gasteiger partial charge in [-0.1, -0.05) is 45.4 Å². The van der Waals surface area contributed by atoms with Gasteiger partial charge in [0.2, 0.25) is 6.29 Å². The number of rotatable bonds is 19. The molecule has 2 unspecified atom stereocenters. The zero-order valence-corrected chi connectivity index (χ0v) is 58.6. The molecule has 5 saturated heterocycles. The van der Waals surface area contributed by atoms with Gasteiger partial charge < -0.3 is 143 Å². The fourth-order valence-electron chi connectivity index (χ4n) is 19.2. The fraction of sp³-hybridized carbons (Fsp3) is 0.814. The van der Waals surface area contributed by atoms with Crippen molar-refractivity contribution in [3.63, 3.8) is 0 Å². The summed E-state index contributed by atoms with van der Waals surface area (Å²) in [6, 6.07) is 4.84. The summed E-state index contributed by atoms with van der Waals surface area (Å²) in [7, 11) is 2.89. The van der Waals surface area contributed by atoms with Crippen molar-refractivity contribution in [1.82, 2.24) is 0 Å². The van der Waals surface area contributed by atoms with Crippen LogP contribution >= 0.6 is 0 Å². The molecule has 4 saturated carbocycles. The molecule has 1 aromatic carbocycles. The van der Waals surface area contributed by atoms with Crippen LogP contribution in [0, 0.1) is 50.2 Å². The third-order valence-corrected chi connectivity index (χ3v) is 25.2. The van der Waals surface area contributed by atoms with Crippen LogP contribution in [0.2, 0.25) is 0 Å². The Kier molecular flexibility index (Phi) is 23.2. The number of carbonyl (C=O) groups excluding carboxylic acids is 2. The molecule has 34 atom stereocenters. The van der Waals surface area contributed by atoms with Crippen molar-refractivity contribution in [2.45, 2.75) is 266 Å². The lowest BCUT2D eigenvalue weighted by Crippen LogP contribution is -2.71. The molecule has 576 valence electrons. The van der Waals surface area contributed by atoms with Gasteiger partial charge in [-0.25, -0.2) is 4.79 Å². The molecular formula is C70H104O32. The first-order valence-electron chi connectivity index (χ1n) is 35.2. The van der Waals surface area contributed by atoms with E-state index in [0.29, 0.717) is 42.7 Å². The van der Waals surface area contributed by atoms with Gasteiger partial charge in [-0.15, -0.1) is 0 Å². The number of aliphatic hydroxyl groups excluding tert-OH is 15. The smallest absolute Gasteiger partial charge is 0.331 e. The lowest BCUT2D eigenvalue weighted by molar-refractivity contribution is -0.378. The Hall–Kier alpha value is -4.25. The molecule has 102 heavy (non-hydrogen) atoms. The molecule has 0 aromatic heterocycles. The number of aliphatic carboxylic acids is 1. The van der Waals surface area contributed by atoms with E-state index < -0.39 is 242 Å². The van der Waals surface area contributed by atoms with E-state index >= 15 is 4.79 Å². The number of esters is 2. The van der Waals surface area contributed by atoms with Crippen LogP contribution in [0.25, 0.3) is 6.08 Å². The predicted octanol–water partition coefficient (Wildman–Crippen LogP) is -2.23. The highest BCUT2D eigenvalue weighted by Gasteiger charge is 2.74. The Balaban J connectivity index is 0.864. The highest BCUT2D eigenvalue weighted by molar-refractivity contribution is 5.87. The summed E-state index contributed by atoms with van der Waals surface area (Å²) in [5.74, 6) is -4.04. The first-order valence-corrected chi connectivity index (χ1v) is 35.2. The van der Waals surface area contributed by atoms with Crippen LogP contribution in [0.1, 0.15) is 112 Å². The number of fused-ring (bicyclic) bond motifs is 7. The molecule has 11 rings (SSSR count). The second-order valence-electron chi connectivity index (χ2n) is 31.3. The van der Waals surface area contributed by atoms with Crippen LogP contribution in [0.3, 0.4) is 0 Å². The van der Waals surface area contributed by atoms with Gasteiger partial charge in [-0.2, -0.15) is 0 Å². The van der Waals surface area contributed by atoms with Crippen LogP contribution < -0.4 is 9.47 Å². The zero-order chi connectivity index (χ0) is 74.4. The van der Waals surface area contributed by atoms with Gasteiger partial charge in [0, 0.05) is 11.5 Å². The highest BCUT2D eigenvalue weighted by Crippen LogP contribution is 2.76. The molecule has 5 heterocycles. The average molecular weight is 1460 g/mol. The monoisotopic (exact) mass is 1460 g/mol. The Morgan fingerprint density at radius 2 is 1.17 bits per heavy atom. The largest absolute Gasteiger partial charge is 0.493 e. The van der Waals surface area contributed by atoms with Crippen LogP contribution in [0.15, 0.2) is 35.9 Å². The maximum Gasteiger partial charge on any atom is 0.331 e. The number of carboxylic acid groups (broad SMARTS) is 1. The number of methoxy groups -OCH3 is 2. The van der Waals surface area contributed by atoms with Crippen molar-refractivity contribution in [2.75, 3.05) is 40.6 Å². The lowest BCUT2D eigenvalue weighted by Gasteiger charge is -2.71. The minimum Gasteiger partial charge on any atom is -0.493 e. The van der Waals surface area contributed by atoms with E-state index in [0.717, 1.165) is 11.6 Å². The van der Waals surface area contributed by atoms with Crippen LogP contribution in [0.5, 0.6) is 11.5 Å². The Bertz CT molecular complexity index is 3190. The molecule has 10 aliphatic rings. The minimum absolute atomic E-state index is 0.000342. The third kappa shape index (κ3) is 13.6.